The van der Waals surface area contributed by atoms with Crippen molar-refractivity contribution in [3.8, 4) is 0 Å². The van der Waals surface area contributed by atoms with E-state index in [9.17, 15) is 9.59 Å². The van der Waals surface area contributed by atoms with Gasteiger partial charge in [0.1, 0.15) is 0 Å². The van der Waals surface area contributed by atoms with Crippen molar-refractivity contribution in [3.05, 3.63) is 0 Å². The molecule has 0 rings (SSSR count). The Morgan fingerprint density at radius 2 is 0.633 bits per heavy atom. The molecule has 0 fully saturated rings. The molecule has 4 heteroatoms. The van der Waals surface area contributed by atoms with Gasteiger partial charge < -0.3 is 9.80 Å². The maximum absolute atomic E-state index is 13.1. The Kier molecular flexibility index (Phi) is 20.4. The lowest BCUT2D eigenvalue weighted by molar-refractivity contribution is -0.152. The summed E-state index contributed by atoms with van der Waals surface area (Å²) in [4.78, 5) is 30.0. The van der Waals surface area contributed by atoms with Gasteiger partial charge in [0.2, 0.25) is 0 Å². The van der Waals surface area contributed by atoms with Crippen LogP contribution in [0.1, 0.15) is 130 Å². The first kappa shape index (κ1) is 28.9. The average Bonchev–Trinajstić information content (AvgIpc) is 2.76. The molecule has 0 heterocycles. The van der Waals surface area contributed by atoms with Gasteiger partial charge in [-0.1, -0.05) is 105 Å². The van der Waals surface area contributed by atoms with Crippen molar-refractivity contribution in [2.45, 2.75) is 130 Å². The zero-order valence-electron chi connectivity index (χ0n) is 20.9. The third kappa shape index (κ3) is 14.8. The summed E-state index contributed by atoms with van der Waals surface area (Å²) in [5.41, 5.74) is 0. The molecule has 0 saturated heterocycles. The molecule has 0 radical (unpaired) electrons. The first-order valence-electron chi connectivity index (χ1n) is 13.2. The molecule has 0 aliphatic rings. The Morgan fingerprint density at radius 1 is 0.400 bits per heavy atom. The number of nitrogens with zero attached hydrogens (tertiary/aromatic N) is 2. The van der Waals surface area contributed by atoms with Crippen LogP contribution >= 0.6 is 0 Å². The van der Waals surface area contributed by atoms with Gasteiger partial charge in [-0.15, -0.1) is 0 Å². The fourth-order valence-electron chi connectivity index (χ4n) is 3.82. The highest BCUT2D eigenvalue weighted by atomic mass is 16.2. The highest BCUT2D eigenvalue weighted by molar-refractivity contribution is 6.34. The summed E-state index contributed by atoms with van der Waals surface area (Å²) >= 11 is 0. The van der Waals surface area contributed by atoms with Gasteiger partial charge in [-0.05, 0) is 25.7 Å². The third-order valence-corrected chi connectivity index (χ3v) is 5.88. The van der Waals surface area contributed by atoms with Crippen LogP contribution in [0.4, 0.5) is 0 Å². The van der Waals surface area contributed by atoms with Crippen LogP contribution in [0, 0.1) is 0 Å². The number of hydrogen-bond donors (Lipinski definition) is 0. The number of carbonyl (C=O) groups excluding carboxylic acids is 2. The summed E-state index contributed by atoms with van der Waals surface area (Å²) in [5.74, 6) is -0.511. The number of amides is 2. The van der Waals surface area contributed by atoms with E-state index in [-0.39, 0.29) is 11.8 Å². The lowest BCUT2D eigenvalue weighted by atomic mass is 10.1. The summed E-state index contributed by atoms with van der Waals surface area (Å²) in [6.45, 7) is 11.7. The largest absolute Gasteiger partial charge is 0.334 e. The minimum atomic E-state index is -0.256. The van der Waals surface area contributed by atoms with Gasteiger partial charge in [-0.3, -0.25) is 9.59 Å². The molecule has 0 unspecified atom stereocenters. The van der Waals surface area contributed by atoms with E-state index >= 15 is 0 Å². The second-order valence-electron chi connectivity index (χ2n) is 8.83. The van der Waals surface area contributed by atoms with Crippen LogP contribution in [0.3, 0.4) is 0 Å². The fourth-order valence-corrected chi connectivity index (χ4v) is 3.82. The molecule has 0 aromatic heterocycles. The summed E-state index contributed by atoms with van der Waals surface area (Å²) in [6, 6.07) is 0. The van der Waals surface area contributed by atoms with Crippen molar-refractivity contribution >= 4 is 11.8 Å². The maximum atomic E-state index is 13.1. The summed E-state index contributed by atoms with van der Waals surface area (Å²) in [7, 11) is 0. The van der Waals surface area contributed by atoms with Crippen molar-refractivity contribution in [2.75, 3.05) is 26.2 Å². The molecule has 0 aromatic carbocycles. The lowest BCUT2D eigenvalue weighted by Crippen LogP contribution is -2.46. The van der Waals surface area contributed by atoms with Crippen LogP contribution in [0.15, 0.2) is 0 Å². The Hall–Kier alpha value is -1.06. The molecule has 0 atom stereocenters. The van der Waals surface area contributed by atoms with Gasteiger partial charge in [-0.25, -0.2) is 0 Å². The molecule has 0 saturated carbocycles. The average molecular weight is 425 g/mol. The van der Waals surface area contributed by atoms with E-state index in [2.05, 4.69) is 27.7 Å². The van der Waals surface area contributed by atoms with Crippen molar-refractivity contribution in [1.82, 2.24) is 9.80 Å². The number of rotatable bonds is 20. The SMILES string of the molecule is CCCCCCN(CCCCCC)C(=O)C(=O)N(CCCCCC)CCCCCC. The molecule has 0 bridgehead atoms. The number of hydrogen-bond acceptors (Lipinski definition) is 2. The summed E-state index contributed by atoms with van der Waals surface area (Å²) in [5, 5.41) is 0. The smallest absolute Gasteiger partial charge is 0.312 e. The van der Waals surface area contributed by atoms with Crippen LogP contribution in [0.2, 0.25) is 0 Å². The number of unbranched alkanes of at least 4 members (excludes halogenated alkanes) is 12. The minimum Gasteiger partial charge on any atom is -0.334 e. The van der Waals surface area contributed by atoms with Crippen LogP contribution in [-0.2, 0) is 9.59 Å². The van der Waals surface area contributed by atoms with Gasteiger partial charge in [0, 0.05) is 26.2 Å². The van der Waals surface area contributed by atoms with Crippen LogP contribution < -0.4 is 0 Å². The summed E-state index contributed by atoms with van der Waals surface area (Å²) < 4.78 is 0. The van der Waals surface area contributed by atoms with Crippen molar-refractivity contribution < 1.29 is 9.59 Å². The molecule has 0 aliphatic carbocycles. The van der Waals surface area contributed by atoms with E-state index in [4.69, 9.17) is 0 Å². The molecule has 4 nitrogen and oxygen atoms in total. The molecule has 0 spiro atoms. The first-order chi connectivity index (χ1) is 14.6. The normalized spacial score (nSPS) is 10.9. The topological polar surface area (TPSA) is 40.6 Å². The van der Waals surface area contributed by atoms with Crippen molar-refractivity contribution in [1.29, 1.82) is 0 Å². The van der Waals surface area contributed by atoms with E-state index in [1.807, 2.05) is 9.80 Å². The van der Waals surface area contributed by atoms with Gasteiger partial charge in [0.25, 0.3) is 0 Å². The molecule has 30 heavy (non-hydrogen) atoms. The second kappa shape index (κ2) is 21.2. The van der Waals surface area contributed by atoms with Crippen LogP contribution in [0.25, 0.3) is 0 Å². The van der Waals surface area contributed by atoms with Crippen LogP contribution in [0.5, 0.6) is 0 Å². The standard InChI is InChI=1S/C26H52N2O2/c1-5-9-13-17-21-27(22-18-14-10-6-2)25(29)26(30)28(23-19-15-11-7-3)24-20-16-12-8-4/h5-24H2,1-4H3. The van der Waals surface area contributed by atoms with Gasteiger partial charge >= 0.3 is 11.8 Å². The van der Waals surface area contributed by atoms with E-state index in [0.717, 1.165) is 77.5 Å². The minimum absolute atomic E-state index is 0.256. The molecular formula is C26H52N2O2. The predicted octanol–water partition coefficient (Wildman–Crippen LogP) is 6.96. The molecule has 178 valence electrons. The quantitative estimate of drug-likeness (QED) is 0.156. The van der Waals surface area contributed by atoms with Gasteiger partial charge in [0.15, 0.2) is 0 Å². The molecule has 0 N–H and O–H groups in total. The zero-order chi connectivity index (χ0) is 22.5. The van der Waals surface area contributed by atoms with Crippen molar-refractivity contribution in [3.63, 3.8) is 0 Å². The first-order valence-corrected chi connectivity index (χ1v) is 13.2. The molecule has 0 aliphatic heterocycles. The second-order valence-corrected chi connectivity index (χ2v) is 8.83. The van der Waals surface area contributed by atoms with E-state index in [1.54, 1.807) is 0 Å². The van der Waals surface area contributed by atoms with Crippen molar-refractivity contribution in [2.24, 2.45) is 0 Å². The predicted molar refractivity (Wildman–Crippen MR) is 130 cm³/mol. The van der Waals surface area contributed by atoms with E-state index in [1.165, 1.54) is 51.4 Å². The van der Waals surface area contributed by atoms with E-state index in [0.29, 0.717) is 0 Å². The van der Waals surface area contributed by atoms with E-state index < -0.39 is 0 Å². The Morgan fingerprint density at radius 3 is 0.833 bits per heavy atom. The Balaban J connectivity index is 4.89. The maximum Gasteiger partial charge on any atom is 0.312 e. The fraction of sp³-hybridized carbons (Fsp3) is 0.923. The number of carbonyl (C=O) groups is 2. The lowest BCUT2D eigenvalue weighted by Gasteiger charge is -2.27. The monoisotopic (exact) mass is 424 g/mol. The Bertz CT molecular complexity index is 350. The molecular weight excluding hydrogens is 372 g/mol. The van der Waals surface area contributed by atoms with Crippen LogP contribution in [-0.4, -0.2) is 47.8 Å². The third-order valence-electron chi connectivity index (χ3n) is 5.88. The highest BCUT2D eigenvalue weighted by Gasteiger charge is 2.26. The molecule has 0 aromatic rings. The van der Waals surface area contributed by atoms with Gasteiger partial charge in [0.05, 0.1) is 0 Å². The summed E-state index contributed by atoms with van der Waals surface area (Å²) in [6.07, 6.45) is 18.1. The van der Waals surface area contributed by atoms with Gasteiger partial charge in [-0.2, -0.15) is 0 Å². The zero-order valence-corrected chi connectivity index (χ0v) is 20.9. The Labute approximate surface area is 188 Å². The molecule has 2 amide bonds. The highest BCUT2D eigenvalue weighted by Crippen LogP contribution is 2.10.